The van der Waals surface area contributed by atoms with Gasteiger partial charge in [0.1, 0.15) is 0 Å². The topological polar surface area (TPSA) is 71.0 Å². The van der Waals surface area contributed by atoms with E-state index in [2.05, 4.69) is 10.2 Å². The quantitative estimate of drug-likeness (QED) is 0.390. The van der Waals surface area contributed by atoms with Crippen LogP contribution in [0.1, 0.15) is 78.0 Å². The Hall–Kier alpha value is -3.03. The number of benzene rings is 3. The van der Waals surface area contributed by atoms with Crippen LogP contribution < -0.4 is 5.32 Å². The molecule has 3 aromatic carbocycles. The predicted octanol–water partition coefficient (Wildman–Crippen LogP) is 6.24. The highest BCUT2D eigenvalue weighted by molar-refractivity contribution is 6.04. The molecule has 2 aliphatic heterocycles. The summed E-state index contributed by atoms with van der Waals surface area (Å²) in [5, 5.41) is 12.5. The molecule has 1 amide bonds. The molecule has 0 bridgehead atoms. The Kier molecular flexibility index (Phi) is 9.20. The first-order valence-corrected chi connectivity index (χ1v) is 13.9. The van der Waals surface area contributed by atoms with E-state index in [4.69, 9.17) is 9.47 Å². The van der Waals surface area contributed by atoms with Crippen molar-refractivity contribution in [3.05, 3.63) is 101 Å². The highest BCUT2D eigenvalue weighted by Gasteiger charge is 2.33. The van der Waals surface area contributed by atoms with Crippen molar-refractivity contribution in [1.29, 1.82) is 0 Å². The fourth-order valence-electron chi connectivity index (χ4n) is 5.37. The zero-order chi connectivity index (χ0) is 26.2. The second kappa shape index (κ2) is 13.2. The summed E-state index contributed by atoms with van der Waals surface area (Å²) in [6.45, 7) is 3.14. The average molecular weight is 515 g/mol. The number of hydrogen-bond donors (Lipinski definition) is 2. The first-order chi connectivity index (χ1) is 18.7. The van der Waals surface area contributed by atoms with Gasteiger partial charge in [0.05, 0.1) is 18.8 Å². The van der Waals surface area contributed by atoms with Gasteiger partial charge in [-0.25, -0.2) is 0 Å². The Morgan fingerprint density at radius 2 is 1.58 bits per heavy atom. The number of nitrogens with zero attached hydrogens (tertiary/aromatic N) is 1. The second-order valence-electron chi connectivity index (χ2n) is 10.4. The van der Waals surface area contributed by atoms with Crippen molar-refractivity contribution < 1.29 is 19.4 Å². The molecule has 38 heavy (non-hydrogen) atoms. The highest BCUT2D eigenvalue weighted by atomic mass is 16.7. The molecule has 2 fully saturated rings. The number of carbonyl (C=O) groups is 1. The predicted molar refractivity (Wildman–Crippen MR) is 149 cm³/mol. The number of ether oxygens (including phenoxy) is 2. The Balaban J connectivity index is 1.34. The fourth-order valence-corrected chi connectivity index (χ4v) is 5.37. The number of likely N-dealkylation sites (tertiary alicyclic amines) is 1. The zero-order valence-corrected chi connectivity index (χ0v) is 21.9. The summed E-state index contributed by atoms with van der Waals surface area (Å²) in [5.74, 6) is -0.148. The molecule has 0 unspecified atom stereocenters. The molecule has 2 heterocycles. The normalized spacial score (nSPS) is 22.8. The van der Waals surface area contributed by atoms with Crippen LogP contribution in [-0.4, -0.2) is 41.7 Å². The van der Waals surface area contributed by atoms with Gasteiger partial charge in [0.15, 0.2) is 6.29 Å². The third-order valence-corrected chi connectivity index (χ3v) is 7.48. The van der Waals surface area contributed by atoms with Gasteiger partial charge in [-0.1, -0.05) is 73.9 Å². The lowest BCUT2D eigenvalue weighted by Gasteiger charge is -2.39. The van der Waals surface area contributed by atoms with Crippen LogP contribution in [0.15, 0.2) is 78.9 Å². The minimum Gasteiger partial charge on any atom is -0.392 e. The molecule has 0 aromatic heterocycles. The van der Waals surface area contributed by atoms with Crippen molar-refractivity contribution in [1.82, 2.24) is 4.90 Å². The molecule has 3 aromatic rings. The summed E-state index contributed by atoms with van der Waals surface area (Å²) in [7, 11) is 0. The summed E-state index contributed by atoms with van der Waals surface area (Å²) in [5.41, 5.74) is 4.17. The SMILES string of the molecule is O=C(Nc1cccc([C@@H]2O[C@H](CN3CCCCCCC3)C[C@H](c3ccc(CO)cc3)O2)c1)c1ccccc1. The summed E-state index contributed by atoms with van der Waals surface area (Å²) in [4.78, 5) is 15.3. The van der Waals surface area contributed by atoms with Crippen LogP contribution in [0, 0.1) is 0 Å². The van der Waals surface area contributed by atoms with E-state index in [1.807, 2.05) is 66.7 Å². The van der Waals surface area contributed by atoms with Crippen molar-refractivity contribution in [2.45, 2.75) is 63.6 Å². The lowest BCUT2D eigenvalue weighted by atomic mass is 9.99. The smallest absolute Gasteiger partial charge is 0.255 e. The monoisotopic (exact) mass is 514 g/mol. The van der Waals surface area contributed by atoms with Gasteiger partial charge in [-0.3, -0.25) is 4.79 Å². The van der Waals surface area contributed by atoms with Crippen molar-refractivity contribution in [3.8, 4) is 0 Å². The Labute approximate surface area is 225 Å². The maximum absolute atomic E-state index is 12.7. The average Bonchev–Trinajstić information content (AvgIpc) is 2.95. The molecular formula is C32H38N2O4. The molecule has 0 radical (unpaired) electrons. The molecule has 2 aliphatic rings. The molecule has 3 atom stereocenters. The Morgan fingerprint density at radius 1 is 0.842 bits per heavy atom. The summed E-state index contributed by atoms with van der Waals surface area (Å²) >= 11 is 0. The number of aliphatic hydroxyl groups excluding tert-OH is 1. The molecule has 0 aliphatic carbocycles. The van der Waals surface area contributed by atoms with E-state index < -0.39 is 6.29 Å². The molecule has 5 rings (SSSR count). The van der Waals surface area contributed by atoms with Gasteiger partial charge in [0.2, 0.25) is 0 Å². The molecule has 0 spiro atoms. The lowest BCUT2D eigenvalue weighted by Crippen LogP contribution is -2.40. The van der Waals surface area contributed by atoms with E-state index in [0.29, 0.717) is 11.3 Å². The van der Waals surface area contributed by atoms with E-state index in [1.54, 1.807) is 12.1 Å². The van der Waals surface area contributed by atoms with Crippen LogP contribution >= 0.6 is 0 Å². The molecule has 6 heteroatoms. The largest absolute Gasteiger partial charge is 0.392 e. The van der Waals surface area contributed by atoms with E-state index in [1.165, 1.54) is 32.1 Å². The Bertz CT molecular complexity index is 1160. The lowest BCUT2D eigenvalue weighted by molar-refractivity contribution is -0.253. The van der Waals surface area contributed by atoms with Crippen LogP contribution in [0.2, 0.25) is 0 Å². The highest BCUT2D eigenvalue weighted by Crippen LogP contribution is 2.38. The number of aliphatic hydroxyl groups is 1. The van der Waals surface area contributed by atoms with Crippen LogP contribution in [0.25, 0.3) is 0 Å². The second-order valence-corrected chi connectivity index (χ2v) is 10.4. The van der Waals surface area contributed by atoms with Gasteiger partial charge in [0, 0.05) is 29.8 Å². The summed E-state index contributed by atoms with van der Waals surface area (Å²) in [6.07, 6.45) is 6.55. The molecule has 2 N–H and O–H groups in total. The molecule has 0 saturated carbocycles. The Morgan fingerprint density at radius 3 is 2.32 bits per heavy atom. The molecule has 200 valence electrons. The standard InChI is InChI=1S/C32H38N2O4/c35-23-24-14-16-25(17-15-24)30-21-29(22-34-18-7-2-1-3-8-19-34)37-32(38-30)27-12-9-13-28(20-27)33-31(36)26-10-5-4-6-11-26/h4-6,9-17,20,29-30,32,35H,1-3,7-8,18-19,21-23H2,(H,33,36)/t29-,30+,32+/m0/s1. The zero-order valence-electron chi connectivity index (χ0n) is 21.9. The third kappa shape index (κ3) is 7.08. The number of hydrogen-bond acceptors (Lipinski definition) is 5. The minimum absolute atomic E-state index is 0.0244. The number of amides is 1. The van der Waals surface area contributed by atoms with Gasteiger partial charge in [0.25, 0.3) is 5.91 Å². The number of nitrogens with one attached hydrogen (secondary N) is 1. The van der Waals surface area contributed by atoms with Crippen molar-refractivity contribution in [3.63, 3.8) is 0 Å². The maximum atomic E-state index is 12.7. The van der Waals surface area contributed by atoms with Crippen molar-refractivity contribution in [2.75, 3.05) is 25.0 Å². The molecular weight excluding hydrogens is 476 g/mol. The molecule has 2 saturated heterocycles. The van der Waals surface area contributed by atoms with E-state index in [-0.39, 0.29) is 24.7 Å². The number of rotatable bonds is 7. The molecule has 6 nitrogen and oxygen atoms in total. The summed E-state index contributed by atoms with van der Waals surface area (Å²) < 4.78 is 13.1. The van der Waals surface area contributed by atoms with Crippen molar-refractivity contribution in [2.24, 2.45) is 0 Å². The summed E-state index contributed by atoms with van der Waals surface area (Å²) in [6, 6.07) is 24.9. The first-order valence-electron chi connectivity index (χ1n) is 13.9. The van der Waals surface area contributed by atoms with Crippen LogP contribution in [0.4, 0.5) is 5.69 Å². The number of carbonyl (C=O) groups excluding carboxylic acids is 1. The number of anilines is 1. The van der Waals surface area contributed by atoms with E-state index >= 15 is 0 Å². The van der Waals surface area contributed by atoms with Gasteiger partial charge in [-0.2, -0.15) is 0 Å². The minimum atomic E-state index is -0.542. The van der Waals surface area contributed by atoms with Crippen molar-refractivity contribution >= 4 is 11.6 Å². The third-order valence-electron chi connectivity index (χ3n) is 7.48. The first kappa shape index (κ1) is 26.6. The van der Waals surface area contributed by atoms with Crippen LogP contribution in [-0.2, 0) is 16.1 Å². The van der Waals surface area contributed by atoms with E-state index in [9.17, 15) is 9.90 Å². The van der Waals surface area contributed by atoms with Crippen LogP contribution in [0.3, 0.4) is 0 Å². The van der Waals surface area contributed by atoms with Gasteiger partial charge < -0.3 is 24.8 Å². The maximum Gasteiger partial charge on any atom is 0.255 e. The van der Waals surface area contributed by atoms with Crippen LogP contribution in [0.5, 0.6) is 0 Å². The fraction of sp³-hybridized carbons (Fsp3) is 0.406. The van der Waals surface area contributed by atoms with Gasteiger partial charge in [-0.05, 0) is 61.3 Å². The van der Waals surface area contributed by atoms with Gasteiger partial charge >= 0.3 is 0 Å². The van der Waals surface area contributed by atoms with Gasteiger partial charge in [-0.15, -0.1) is 0 Å². The van der Waals surface area contributed by atoms with E-state index in [0.717, 1.165) is 42.7 Å².